The normalized spacial score (nSPS) is 12.8. The summed E-state index contributed by atoms with van der Waals surface area (Å²) in [7, 11) is 1.74. The van der Waals surface area contributed by atoms with Crippen LogP contribution >= 0.6 is 0 Å². The van der Waals surface area contributed by atoms with E-state index in [1.54, 1.807) is 18.1 Å². The summed E-state index contributed by atoms with van der Waals surface area (Å²) >= 11 is 0. The minimum atomic E-state index is -0.164. The van der Waals surface area contributed by atoms with Crippen LogP contribution in [0.25, 0.3) is 0 Å². The third kappa shape index (κ3) is 3.00. The molecule has 0 aliphatic carbocycles. The number of hydrogen-bond acceptors (Lipinski definition) is 5. The molecule has 114 valence electrons. The third-order valence-electron chi connectivity index (χ3n) is 3.37. The number of hydrogen-bond donors (Lipinski definition) is 0. The average molecular weight is 299 g/mol. The van der Waals surface area contributed by atoms with Crippen LogP contribution in [-0.2, 0) is 6.54 Å². The van der Waals surface area contributed by atoms with Crippen molar-refractivity contribution in [2.45, 2.75) is 13.5 Å². The number of carbonyl (C=O) groups is 1. The summed E-state index contributed by atoms with van der Waals surface area (Å²) in [6.45, 7) is 3.41. The molecule has 1 aliphatic heterocycles. The molecule has 1 aromatic heterocycles. The van der Waals surface area contributed by atoms with E-state index in [4.69, 9.17) is 9.47 Å². The van der Waals surface area contributed by atoms with Gasteiger partial charge in [-0.15, -0.1) is 0 Å². The maximum atomic E-state index is 12.3. The topological polar surface area (TPSA) is 64.6 Å². The zero-order valence-corrected chi connectivity index (χ0v) is 12.6. The highest BCUT2D eigenvalue weighted by Gasteiger charge is 2.16. The Labute approximate surface area is 128 Å². The number of carbonyl (C=O) groups excluding carboxylic acids is 1. The fraction of sp³-hybridized carbons (Fsp3) is 0.312. The summed E-state index contributed by atoms with van der Waals surface area (Å²) in [5, 5.41) is 0. The molecule has 0 saturated heterocycles. The predicted octanol–water partition coefficient (Wildman–Crippen LogP) is 1.83. The van der Waals surface area contributed by atoms with Gasteiger partial charge in [0.1, 0.15) is 18.9 Å². The van der Waals surface area contributed by atoms with Gasteiger partial charge in [-0.05, 0) is 24.6 Å². The van der Waals surface area contributed by atoms with Crippen molar-refractivity contribution in [3.05, 3.63) is 47.5 Å². The van der Waals surface area contributed by atoms with Crippen LogP contribution in [-0.4, -0.2) is 41.0 Å². The van der Waals surface area contributed by atoms with Gasteiger partial charge in [0.2, 0.25) is 0 Å². The second kappa shape index (κ2) is 6.01. The van der Waals surface area contributed by atoms with Crippen LogP contribution < -0.4 is 9.47 Å². The number of fused-ring (bicyclic) bond motifs is 1. The summed E-state index contributed by atoms with van der Waals surface area (Å²) < 4.78 is 11.0. The van der Waals surface area contributed by atoms with Gasteiger partial charge in [0, 0.05) is 19.8 Å². The number of benzene rings is 1. The molecule has 1 aromatic carbocycles. The highest BCUT2D eigenvalue weighted by atomic mass is 16.6. The molecule has 0 atom stereocenters. The monoisotopic (exact) mass is 299 g/mol. The van der Waals surface area contributed by atoms with Gasteiger partial charge in [0.05, 0.1) is 11.9 Å². The van der Waals surface area contributed by atoms with E-state index in [9.17, 15) is 4.79 Å². The lowest BCUT2D eigenvalue weighted by Crippen LogP contribution is -2.27. The minimum absolute atomic E-state index is 0.164. The lowest BCUT2D eigenvalue weighted by atomic mass is 10.2. The first-order valence-electron chi connectivity index (χ1n) is 7.06. The minimum Gasteiger partial charge on any atom is -0.486 e. The highest BCUT2D eigenvalue weighted by Crippen LogP contribution is 2.31. The molecule has 6 nitrogen and oxygen atoms in total. The number of ether oxygens (including phenoxy) is 2. The van der Waals surface area contributed by atoms with E-state index in [-0.39, 0.29) is 5.91 Å². The average Bonchev–Trinajstić information content (AvgIpc) is 2.55. The van der Waals surface area contributed by atoms with Gasteiger partial charge in [-0.2, -0.15) is 0 Å². The lowest BCUT2D eigenvalue weighted by molar-refractivity contribution is 0.0778. The van der Waals surface area contributed by atoms with E-state index < -0.39 is 0 Å². The lowest BCUT2D eigenvalue weighted by Gasteiger charge is -2.21. The van der Waals surface area contributed by atoms with Gasteiger partial charge in [-0.3, -0.25) is 9.78 Å². The Morgan fingerprint density at radius 1 is 1.18 bits per heavy atom. The molecule has 0 bridgehead atoms. The van der Waals surface area contributed by atoms with Crippen LogP contribution in [0.5, 0.6) is 11.5 Å². The molecular weight excluding hydrogens is 282 g/mol. The van der Waals surface area contributed by atoms with Crippen molar-refractivity contribution >= 4 is 5.91 Å². The summed E-state index contributed by atoms with van der Waals surface area (Å²) in [6.07, 6.45) is 3.09. The van der Waals surface area contributed by atoms with E-state index in [0.29, 0.717) is 25.5 Å². The van der Waals surface area contributed by atoms with E-state index in [1.807, 2.05) is 25.1 Å². The second-order valence-corrected chi connectivity index (χ2v) is 5.18. The fourth-order valence-corrected chi connectivity index (χ4v) is 2.23. The van der Waals surface area contributed by atoms with E-state index >= 15 is 0 Å². The Bertz CT molecular complexity index is 686. The summed E-state index contributed by atoms with van der Waals surface area (Å²) in [5.74, 6) is 1.30. The van der Waals surface area contributed by atoms with Crippen molar-refractivity contribution in [2.24, 2.45) is 0 Å². The first-order valence-corrected chi connectivity index (χ1v) is 7.06. The van der Waals surface area contributed by atoms with Crippen molar-refractivity contribution in [3.8, 4) is 11.5 Å². The molecule has 0 radical (unpaired) electrons. The molecule has 0 spiro atoms. The van der Waals surface area contributed by atoms with E-state index in [0.717, 1.165) is 22.8 Å². The first kappa shape index (κ1) is 14.3. The Morgan fingerprint density at radius 3 is 2.68 bits per heavy atom. The maximum absolute atomic E-state index is 12.3. The van der Waals surface area contributed by atoms with Crippen LogP contribution in [0, 0.1) is 6.92 Å². The molecule has 0 unspecified atom stereocenters. The summed E-state index contributed by atoms with van der Waals surface area (Å²) in [5.41, 5.74) is 2.09. The van der Waals surface area contributed by atoms with Crippen LogP contribution in [0.2, 0.25) is 0 Å². The zero-order valence-electron chi connectivity index (χ0n) is 12.6. The van der Waals surface area contributed by atoms with Crippen LogP contribution in [0.4, 0.5) is 0 Å². The summed E-state index contributed by atoms with van der Waals surface area (Å²) in [6, 6.07) is 5.70. The van der Waals surface area contributed by atoms with Gasteiger partial charge < -0.3 is 14.4 Å². The quantitative estimate of drug-likeness (QED) is 0.865. The molecule has 3 rings (SSSR count). The van der Waals surface area contributed by atoms with Crippen molar-refractivity contribution in [3.63, 3.8) is 0 Å². The molecule has 1 amide bonds. The van der Waals surface area contributed by atoms with Gasteiger partial charge in [-0.25, -0.2) is 4.98 Å². The predicted molar refractivity (Wildman–Crippen MR) is 80.0 cm³/mol. The molecular formula is C16H17N3O3. The van der Waals surface area contributed by atoms with Gasteiger partial charge >= 0.3 is 0 Å². The second-order valence-electron chi connectivity index (χ2n) is 5.18. The SMILES string of the molecule is Cc1cnc(C(=O)N(C)Cc2ccc3c(c2)OCCO3)cn1. The highest BCUT2D eigenvalue weighted by molar-refractivity contribution is 5.91. The Balaban J connectivity index is 1.72. The number of amides is 1. The van der Waals surface area contributed by atoms with E-state index in [1.165, 1.54) is 6.20 Å². The van der Waals surface area contributed by atoms with Crippen molar-refractivity contribution in [1.82, 2.24) is 14.9 Å². The first-order chi connectivity index (χ1) is 10.6. The molecule has 0 saturated carbocycles. The number of aromatic nitrogens is 2. The number of aryl methyl sites for hydroxylation is 1. The van der Waals surface area contributed by atoms with Crippen LogP contribution in [0.1, 0.15) is 21.7 Å². The van der Waals surface area contributed by atoms with Crippen molar-refractivity contribution in [2.75, 3.05) is 20.3 Å². The number of rotatable bonds is 3. The molecule has 1 aliphatic rings. The van der Waals surface area contributed by atoms with Crippen LogP contribution in [0.15, 0.2) is 30.6 Å². The van der Waals surface area contributed by atoms with Crippen molar-refractivity contribution in [1.29, 1.82) is 0 Å². The fourth-order valence-electron chi connectivity index (χ4n) is 2.23. The van der Waals surface area contributed by atoms with Crippen molar-refractivity contribution < 1.29 is 14.3 Å². The van der Waals surface area contributed by atoms with Gasteiger partial charge in [-0.1, -0.05) is 6.07 Å². The molecule has 6 heteroatoms. The van der Waals surface area contributed by atoms with Crippen LogP contribution in [0.3, 0.4) is 0 Å². The summed E-state index contributed by atoms with van der Waals surface area (Å²) in [4.78, 5) is 22.1. The Hall–Kier alpha value is -2.63. The zero-order chi connectivity index (χ0) is 15.5. The largest absolute Gasteiger partial charge is 0.486 e. The molecule has 2 aromatic rings. The van der Waals surface area contributed by atoms with Gasteiger partial charge in [0.15, 0.2) is 11.5 Å². The number of nitrogens with zero attached hydrogens (tertiary/aromatic N) is 3. The Kier molecular flexibility index (Phi) is 3.91. The van der Waals surface area contributed by atoms with E-state index in [2.05, 4.69) is 9.97 Å². The molecule has 0 N–H and O–H groups in total. The molecule has 2 heterocycles. The maximum Gasteiger partial charge on any atom is 0.274 e. The molecule has 0 fully saturated rings. The third-order valence-corrected chi connectivity index (χ3v) is 3.37. The smallest absolute Gasteiger partial charge is 0.274 e. The van der Waals surface area contributed by atoms with Gasteiger partial charge in [0.25, 0.3) is 5.91 Å². The Morgan fingerprint density at radius 2 is 1.95 bits per heavy atom. The molecule has 22 heavy (non-hydrogen) atoms. The standard InChI is InChI=1S/C16H17N3O3/c1-11-8-18-13(9-17-11)16(20)19(2)10-12-3-4-14-15(7-12)22-6-5-21-14/h3-4,7-9H,5-6,10H2,1-2H3.